The predicted molar refractivity (Wildman–Crippen MR) is 209 cm³/mol. The van der Waals surface area contributed by atoms with E-state index in [1.54, 1.807) is 0 Å². The lowest BCUT2D eigenvalue weighted by atomic mass is 9.84. The predicted octanol–water partition coefficient (Wildman–Crippen LogP) is 8.37. The maximum atomic E-state index is 5.34. The minimum atomic E-state index is -0.385. The first-order chi connectivity index (χ1) is 24.0. The summed E-state index contributed by atoms with van der Waals surface area (Å²) in [4.78, 5) is 4.23. The van der Waals surface area contributed by atoms with Crippen LogP contribution in [0.5, 0.6) is 0 Å². The molecule has 0 aliphatic heterocycles. The number of benzene rings is 2. The Morgan fingerprint density at radius 2 is 0.820 bits per heavy atom. The Balaban J connectivity index is 1.40. The van der Waals surface area contributed by atoms with Gasteiger partial charge in [0, 0.05) is 86.1 Å². The average Bonchev–Trinajstić information content (AvgIpc) is 3.64. The monoisotopic (exact) mass is 668 g/mol. The quantitative estimate of drug-likeness (QED) is 0.210. The van der Waals surface area contributed by atoms with Crippen molar-refractivity contribution in [2.24, 2.45) is 20.5 Å². The van der Waals surface area contributed by atoms with E-state index in [2.05, 4.69) is 172 Å². The van der Waals surface area contributed by atoms with Gasteiger partial charge in [0.15, 0.2) is 11.4 Å². The molecule has 2 saturated carbocycles. The van der Waals surface area contributed by atoms with Crippen molar-refractivity contribution >= 4 is 34.2 Å². The lowest BCUT2D eigenvalue weighted by Crippen LogP contribution is -2.41. The fraction of sp³-hybridized carbons (Fsp3) is 0.381. The van der Waals surface area contributed by atoms with E-state index in [0.717, 1.165) is 95.0 Å². The summed E-state index contributed by atoms with van der Waals surface area (Å²) in [7, 11) is 16.5. The third-order valence-corrected chi connectivity index (χ3v) is 10.5. The van der Waals surface area contributed by atoms with Crippen molar-refractivity contribution in [1.29, 1.82) is 0 Å². The first kappa shape index (κ1) is 34.9. The zero-order chi connectivity index (χ0) is 35.5. The van der Waals surface area contributed by atoms with E-state index in [4.69, 9.17) is 20.5 Å². The second-order valence-corrected chi connectivity index (χ2v) is 14.6. The topological polar surface area (TPSA) is 61.9 Å². The van der Waals surface area contributed by atoms with E-state index in [-0.39, 0.29) is 11.1 Å². The summed E-state index contributed by atoms with van der Waals surface area (Å²) >= 11 is 0. The molecule has 6 rings (SSSR count). The number of hydrogen-bond acceptors (Lipinski definition) is 6. The van der Waals surface area contributed by atoms with E-state index in [1.165, 1.54) is 0 Å². The van der Waals surface area contributed by atoms with Gasteiger partial charge in [-0.15, -0.1) is 0 Å². The van der Waals surface area contributed by atoms with E-state index in [9.17, 15) is 0 Å². The second-order valence-electron chi connectivity index (χ2n) is 14.6. The van der Waals surface area contributed by atoms with E-state index < -0.39 is 0 Å². The van der Waals surface area contributed by atoms with Crippen molar-refractivity contribution < 1.29 is 9.15 Å². The largest absolute Gasteiger partial charge is 0.378 e. The van der Waals surface area contributed by atoms with Crippen LogP contribution in [0.4, 0.5) is 11.4 Å². The summed E-state index contributed by atoms with van der Waals surface area (Å²) in [5.74, 6) is 0. The van der Waals surface area contributed by atoms with Crippen molar-refractivity contribution in [1.82, 2.24) is 0 Å². The average molecular weight is 669 g/mol. The van der Waals surface area contributed by atoms with Gasteiger partial charge in [-0.05, 0) is 87.1 Å². The maximum absolute atomic E-state index is 5.34. The molecule has 4 aliphatic rings. The Morgan fingerprint density at radius 3 is 1.10 bits per heavy atom. The van der Waals surface area contributed by atoms with Crippen molar-refractivity contribution in [2.75, 3.05) is 66.2 Å². The van der Waals surface area contributed by atoms with Crippen molar-refractivity contribution in [3.8, 4) is 0 Å². The molecule has 2 aromatic rings. The Hall–Kier alpha value is -4.98. The molecule has 8 nitrogen and oxygen atoms in total. The highest BCUT2D eigenvalue weighted by molar-refractivity contribution is 6.03. The Morgan fingerprint density at radius 1 is 0.500 bits per heavy atom. The van der Waals surface area contributed by atoms with Crippen LogP contribution in [0.3, 0.4) is 0 Å². The molecule has 4 aliphatic carbocycles. The maximum Gasteiger partial charge on any atom is 0.199 e. The van der Waals surface area contributed by atoms with Crippen LogP contribution in [0, 0.1) is 0 Å². The lowest BCUT2D eigenvalue weighted by Gasteiger charge is -2.32. The molecule has 0 amide bonds. The molecule has 258 valence electrons. The molecule has 0 heterocycles. The highest BCUT2D eigenvalue weighted by atomic mass is 15.3. The molecule has 8 heteroatoms. The smallest absolute Gasteiger partial charge is 0.199 e. The molecule has 0 unspecified atom stereocenters. The Kier molecular flexibility index (Phi) is 10.1. The summed E-state index contributed by atoms with van der Waals surface area (Å²) in [6.07, 6.45) is 23.2. The van der Waals surface area contributed by atoms with Gasteiger partial charge in [-0.1, -0.05) is 24.3 Å². The molecule has 0 saturated heterocycles. The van der Waals surface area contributed by atoms with Crippen LogP contribution < -0.4 is 9.80 Å². The molecule has 0 spiro atoms. The van der Waals surface area contributed by atoms with Gasteiger partial charge in [-0.25, -0.2) is 9.15 Å². The van der Waals surface area contributed by atoms with E-state index in [0.29, 0.717) is 0 Å². The SMILES string of the molecule is CN(C)c1ccc(C(N=NC23CCCC2(N=NC(=C2C=CC(=[N+](C)C)C=C2)c2ccc(N(C)C)cc2)CCC3)=C2C=CC(=[N+](C)C)C=C2)cc1. The van der Waals surface area contributed by atoms with Crippen LogP contribution >= 0.6 is 0 Å². The highest BCUT2D eigenvalue weighted by Crippen LogP contribution is 2.56. The Bertz CT molecular complexity index is 1730. The summed E-state index contributed by atoms with van der Waals surface area (Å²) < 4.78 is 4.23. The van der Waals surface area contributed by atoms with Crippen LogP contribution in [-0.2, 0) is 0 Å². The fourth-order valence-electron chi connectivity index (χ4n) is 7.44. The number of azo groups is 2. The van der Waals surface area contributed by atoms with Gasteiger partial charge in [-0.2, -0.15) is 20.5 Å². The number of anilines is 2. The van der Waals surface area contributed by atoms with Crippen molar-refractivity contribution in [3.63, 3.8) is 0 Å². The first-order valence-electron chi connectivity index (χ1n) is 17.7. The van der Waals surface area contributed by atoms with Gasteiger partial charge in [0.05, 0.1) is 11.4 Å². The van der Waals surface area contributed by atoms with Gasteiger partial charge in [-0.3, -0.25) is 0 Å². The Labute approximate surface area is 298 Å². The molecule has 2 aromatic carbocycles. The molecule has 0 radical (unpaired) electrons. The van der Waals surface area contributed by atoms with Gasteiger partial charge >= 0.3 is 0 Å². The summed E-state index contributed by atoms with van der Waals surface area (Å²) in [5.41, 5.74) is 9.80. The molecular formula is C42H52N8+2. The van der Waals surface area contributed by atoms with Crippen LogP contribution in [0.25, 0.3) is 11.4 Å². The standard InChI is InChI=1S/C42H52N8/c1-47(2)35-19-11-31(12-20-35)39(32-13-21-36(22-14-32)48(3)4)43-45-41-27-9-29-42(41,30-10-28-41)46-44-40(33-15-23-37(24-16-33)49(5)6)34-17-25-38(26-18-34)50(7)8/h11-26H,9-10,27-30H2,1-8H3/q+2. The van der Waals surface area contributed by atoms with Gasteiger partial charge in [0.1, 0.15) is 39.3 Å². The molecule has 2 fully saturated rings. The first-order valence-corrected chi connectivity index (χ1v) is 17.7. The third kappa shape index (κ3) is 7.02. The normalized spacial score (nSPS) is 22.6. The third-order valence-electron chi connectivity index (χ3n) is 10.5. The van der Waals surface area contributed by atoms with Crippen molar-refractivity contribution in [2.45, 2.75) is 49.6 Å². The van der Waals surface area contributed by atoms with Crippen LogP contribution in [0.1, 0.15) is 49.7 Å². The molecule has 0 N–H and O–H groups in total. The molecule has 0 bridgehead atoms. The molecule has 0 atom stereocenters. The number of hydrogen-bond donors (Lipinski definition) is 0. The van der Waals surface area contributed by atoms with Gasteiger partial charge in [0.25, 0.3) is 0 Å². The zero-order valence-electron chi connectivity index (χ0n) is 31.1. The van der Waals surface area contributed by atoms with Crippen LogP contribution in [0.15, 0.2) is 129 Å². The van der Waals surface area contributed by atoms with Gasteiger partial charge in [0.2, 0.25) is 0 Å². The summed E-state index contributed by atoms with van der Waals surface area (Å²) in [6, 6.07) is 17.2. The molecule has 50 heavy (non-hydrogen) atoms. The van der Waals surface area contributed by atoms with Crippen LogP contribution in [-0.4, -0.2) is 88.0 Å². The van der Waals surface area contributed by atoms with Crippen LogP contribution in [0.2, 0.25) is 0 Å². The number of fused-ring (bicyclic) bond motifs is 1. The van der Waals surface area contributed by atoms with Crippen molar-refractivity contribution in [3.05, 3.63) is 119 Å². The number of nitrogens with zero attached hydrogens (tertiary/aromatic N) is 8. The van der Waals surface area contributed by atoms with E-state index in [1.807, 2.05) is 0 Å². The number of allylic oxidation sites excluding steroid dienone is 10. The fourth-order valence-corrected chi connectivity index (χ4v) is 7.44. The second kappa shape index (κ2) is 14.5. The molecular weight excluding hydrogens is 617 g/mol. The minimum Gasteiger partial charge on any atom is -0.378 e. The van der Waals surface area contributed by atoms with E-state index >= 15 is 0 Å². The molecule has 0 aromatic heterocycles. The zero-order valence-corrected chi connectivity index (χ0v) is 31.1. The highest BCUT2D eigenvalue weighted by Gasteiger charge is 2.59. The lowest BCUT2D eigenvalue weighted by molar-refractivity contribution is -0.462. The van der Waals surface area contributed by atoms with Gasteiger partial charge < -0.3 is 9.80 Å². The summed E-state index contributed by atoms with van der Waals surface area (Å²) in [5, 5.41) is 21.0. The number of rotatable bonds is 8. The summed E-state index contributed by atoms with van der Waals surface area (Å²) in [6.45, 7) is 0. The minimum absolute atomic E-state index is 0.385.